The molecule has 2 bridgehead atoms. The van der Waals surface area contributed by atoms with Gasteiger partial charge in [-0.3, -0.25) is 4.90 Å². The summed E-state index contributed by atoms with van der Waals surface area (Å²) in [6.07, 6.45) is 9.32. The molecular formula is C23H27N. The average molecular weight is 317 g/mol. The van der Waals surface area contributed by atoms with E-state index < -0.39 is 0 Å². The predicted octanol–water partition coefficient (Wildman–Crippen LogP) is 4.94. The second-order valence-electron chi connectivity index (χ2n) is 8.08. The molecule has 0 amide bonds. The maximum absolute atomic E-state index is 2.90. The van der Waals surface area contributed by atoms with Crippen LogP contribution < -0.4 is 0 Å². The van der Waals surface area contributed by atoms with Gasteiger partial charge in [0.25, 0.3) is 0 Å². The van der Waals surface area contributed by atoms with Crippen LogP contribution in [0.4, 0.5) is 0 Å². The van der Waals surface area contributed by atoms with Crippen molar-refractivity contribution in [3.05, 3.63) is 70.8 Å². The highest BCUT2D eigenvalue weighted by Gasteiger charge is 2.37. The fourth-order valence-electron chi connectivity index (χ4n) is 5.49. The molecule has 0 unspecified atom stereocenters. The van der Waals surface area contributed by atoms with Gasteiger partial charge in [-0.1, -0.05) is 48.5 Å². The summed E-state index contributed by atoms with van der Waals surface area (Å²) in [7, 11) is 0. The van der Waals surface area contributed by atoms with E-state index in [1.54, 1.807) is 22.3 Å². The Balaban J connectivity index is 1.50. The lowest BCUT2D eigenvalue weighted by atomic mass is 9.77. The Morgan fingerprint density at radius 2 is 1.50 bits per heavy atom. The van der Waals surface area contributed by atoms with Crippen LogP contribution in [-0.2, 0) is 19.3 Å². The number of aryl methyl sites for hydroxylation is 1. The molecule has 6 rings (SSSR count). The third-order valence-corrected chi connectivity index (χ3v) is 6.67. The van der Waals surface area contributed by atoms with Crippen LogP contribution >= 0.6 is 0 Å². The first-order valence-corrected chi connectivity index (χ1v) is 9.79. The van der Waals surface area contributed by atoms with Crippen molar-refractivity contribution >= 4 is 0 Å². The quantitative estimate of drug-likeness (QED) is 0.720. The van der Waals surface area contributed by atoms with Crippen LogP contribution in [0.15, 0.2) is 48.5 Å². The number of nitrogens with zero attached hydrogens (tertiary/aromatic N) is 1. The zero-order valence-corrected chi connectivity index (χ0v) is 14.5. The van der Waals surface area contributed by atoms with Crippen LogP contribution in [0.25, 0.3) is 0 Å². The molecule has 2 aliphatic carbocycles. The molecule has 0 radical (unpaired) electrons. The minimum absolute atomic E-state index is 0.660. The lowest BCUT2D eigenvalue weighted by molar-refractivity contribution is 0.0493. The average Bonchev–Trinajstić information content (AvgIpc) is 2.61. The number of hydrogen-bond acceptors (Lipinski definition) is 1. The van der Waals surface area contributed by atoms with Crippen LogP contribution in [0.3, 0.4) is 0 Å². The minimum atomic E-state index is 0.660. The molecule has 2 aliphatic heterocycles. The highest BCUT2D eigenvalue weighted by atomic mass is 15.2. The Morgan fingerprint density at radius 3 is 2.38 bits per heavy atom. The van der Waals surface area contributed by atoms with E-state index in [0.717, 1.165) is 12.0 Å². The van der Waals surface area contributed by atoms with Crippen molar-refractivity contribution in [2.24, 2.45) is 5.92 Å². The molecule has 2 aromatic carbocycles. The third-order valence-electron chi connectivity index (χ3n) is 6.67. The highest BCUT2D eigenvalue weighted by Crippen LogP contribution is 2.41. The van der Waals surface area contributed by atoms with Gasteiger partial charge < -0.3 is 0 Å². The fraction of sp³-hybridized carbons (Fsp3) is 0.478. The molecule has 0 aromatic heterocycles. The fourth-order valence-corrected chi connectivity index (χ4v) is 5.49. The molecule has 1 heteroatoms. The van der Waals surface area contributed by atoms with E-state index in [9.17, 15) is 0 Å². The van der Waals surface area contributed by atoms with Crippen molar-refractivity contribution in [1.29, 1.82) is 0 Å². The molecule has 3 atom stereocenters. The van der Waals surface area contributed by atoms with Gasteiger partial charge in [0.05, 0.1) is 0 Å². The molecule has 0 spiro atoms. The minimum Gasteiger partial charge on any atom is -0.293 e. The van der Waals surface area contributed by atoms with Crippen LogP contribution in [0.5, 0.6) is 0 Å². The topological polar surface area (TPSA) is 3.24 Å². The first-order valence-electron chi connectivity index (χ1n) is 9.79. The van der Waals surface area contributed by atoms with Gasteiger partial charge in [0, 0.05) is 18.6 Å². The van der Waals surface area contributed by atoms with Crippen LogP contribution in [0.1, 0.15) is 54.0 Å². The standard InChI is InChI=1S/C23H27N/c1-2-8-20-15-21-13-12-17(14-19(20)7-1)16-24(21)23-11-5-9-18-6-3-4-10-22(18)23/h1-4,6-8,10,17,21,23H,5,9,11-16H2/t17-,21+,23+/m0/s1. The van der Waals surface area contributed by atoms with Gasteiger partial charge in [0.1, 0.15) is 0 Å². The van der Waals surface area contributed by atoms with Gasteiger partial charge in [-0.2, -0.15) is 0 Å². The molecule has 124 valence electrons. The number of piperidine rings is 1. The predicted molar refractivity (Wildman–Crippen MR) is 99.2 cm³/mol. The molecule has 1 nitrogen and oxygen atoms in total. The zero-order valence-electron chi connectivity index (χ0n) is 14.5. The third kappa shape index (κ3) is 2.50. The molecule has 24 heavy (non-hydrogen) atoms. The molecule has 4 aliphatic rings. The monoisotopic (exact) mass is 317 g/mol. The molecule has 0 saturated carbocycles. The Labute approximate surface area is 145 Å². The number of hydrogen-bond donors (Lipinski definition) is 0. The molecule has 1 fully saturated rings. The first kappa shape index (κ1) is 14.7. The summed E-state index contributed by atoms with van der Waals surface area (Å²) in [5.41, 5.74) is 6.47. The van der Waals surface area contributed by atoms with Crippen LogP contribution in [0.2, 0.25) is 0 Å². The maximum atomic E-state index is 2.90. The van der Waals surface area contributed by atoms with E-state index in [1.165, 1.54) is 51.5 Å². The van der Waals surface area contributed by atoms with E-state index in [4.69, 9.17) is 0 Å². The van der Waals surface area contributed by atoms with Crippen molar-refractivity contribution in [3.8, 4) is 0 Å². The summed E-state index contributed by atoms with van der Waals surface area (Å²) in [6.45, 7) is 1.30. The van der Waals surface area contributed by atoms with E-state index in [-0.39, 0.29) is 0 Å². The van der Waals surface area contributed by atoms with Crippen LogP contribution in [-0.4, -0.2) is 17.5 Å². The number of benzene rings is 2. The molecular weight excluding hydrogens is 290 g/mol. The largest absolute Gasteiger partial charge is 0.293 e. The molecule has 0 N–H and O–H groups in total. The molecule has 1 saturated heterocycles. The van der Waals surface area contributed by atoms with E-state index in [2.05, 4.69) is 53.4 Å². The Morgan fingerprint density at radius 1 is 0.750 bits per heavy atom. The normalized spacial score (nSPS) is 29.4. The summed E-state index contributed by atoms with van der Waals surface area (Å²) in [4.78, 5) is 2.90. The second-order valence-corrected chi connectivity index (χ2v) is 8.08. The van der Waals surface area contributed by atoms with Gasteiger partial charge in [0.15, 0.2) is 0 Å². The molecule has 2 heterocycles. The maximum Gasteiger partial charge on any atom is 0.0354 e. The Bertz CT molecular complexity index is 734. The lowest BCUT2D eigenvalue weighted by Gasteiger charge is -2.48. The van der Waals surface area contributed by atoms with Crippen molar-refractivity contribution in [1.82, 2.24) is 4.90 Å². The van der Waals surface area contributed by atoms with Gasteiger partial charge in [-0.15, -0.1) is 0 Å². The van der Waals surface area contributed by atoms with E-state index in [1.807, 2.05) is 0 Å². The lowest BCUT2D eigenvalue weighted by Crippen LogP contribution is -2.48. The smallest absolute Gasteiger partial charge is 0.0354 e. The van der Waals surface area contributed by atoms with Crippen molar-refractivity contribution < 1.29 is 0 Å². The summed E-state index contributed by atoms with van der Waals surface area (Å²) >= 11 is 0. The number of fused-ring (bicyclic) bond motifs is 3. The van der Waals surface area contributed by atoms with E-state index >= 15 is 0 Å². The molecule has 2 aromatic rings. The number of rotatable bonds is 1. The van der Waals surface area contributed by atoms with Crippen molar-refractivity contribution in [3.63, 3.8) is 0 Å². The van der Waals surface area contributed by atoms with Crippen molar-refractivity contribution in [2.75, 3.05) is 6.54 Å². The van der Waals surface area contributed by atoms with Crippen molar-refractivity contribution in [2.45, 2.75) is 57.0 Å². The summed E-state index contributed by atoms with van der Waals surface area (Å²) < 4.78 is 0. The van der Waals surface area contributed by atoms with Gasteiger partial charge in [-0.25, -0.2) is 0 Å². The SMILES string of the molecule is c1ccc2c(c1)C[C@@H]1CC[C@H](C2)N([C@@H]2CCCc3ccccc32)C1. The van der Waals surface area contributed by atoms with E-state index in [0.29, 0.717) is 6.04 Å². The van der Waals surface area contributed by atoms with Gasteiger partial charge in [-0.05, 0) is 73.1 Å². The summed E-state index contributed by atoms with van der Waals surface area (Å²) in [5.74, 6) is 0.844. The first-order chi connectivity index (χ1) is 11.9. The Kier molecular flexibility index (Phi) is 3.70. The summed E-state index contributed by atoms with van der Waals surface area (Å²) in [5, 5.41) is 0. The second kappa shape index (κ2) is 6.04. The summed E-state index contributed by atoms with van der Waals surface area (Å²) in [6, 6.07) is 19.8. The van der Waals surface area contributed by atoms with Gasteiger partial charge >= 0.3 is 0 Å². The Hall–Kier alpha value is -1.60. The zero-order chi connectivity index (χ0) is 15.9. The highest BCUT2D eigenvalue weighted by molar-refractivity contribution is 5.34. The van der Waals surface area contributed by atoms with Crippen LogP contribution in [0, 0.1) is 5.92 Å². The van der Waals surface area contributed by atoms with Gasteiger partial charge in [0.2, 0.25) is 0 Å².